The lowest BCUT2D eigenvalue weighted by molar-refractivity contribution is 0.0939. The molecular weight excluding hydrogens is 359 g/mol. The van der Waals surface area contributed by atoms with E-state index >= 15 is 0 Å². The Morgan fingerprint density at radius 2 is 1.88 bits per heavy atom. The Bertz CT molecular complexity index is 892. The van der Waals surface area contributed by atoms with Crippen molar-refractivity contribution in [3.05, 3.63) is 82.0 Å². The molecule has 0 atom stereocenters. The molecule has 5 nitrogen and oxygen atoms in total. The van der Waals surface area contributed by atoms with Gasteiger partial charge >= 0.3 is 0 Å². The molecule has 1 aromatic heterocycles. The van der Waals surface area contributed by atoms with Crippen molar-refractivity contribution in [2.75, 3.05) is 0 Å². The number of carbonyl (C=O) groups excluding carboxylic acids is 1. The average molecular weight is 375 g/mol. The van der Waals surface area contributed by atoms with Gasteiger partial charge in [-0.1, -0.05) is 28.9 Å². The van der Waals surface area contributed by atoms with Crippen molar-refractivity contribution < 1.29 is 18.4 Å². The lowest BCUT2D eigenvalue weighted by Gasteiger charge is -2.07. The van der Waals surface area contributed by atoms with Gasteiger partial charge in [-0.2, -0.15) is 0 Å². The van der Waals surface area contributed by atoms with Crippen molar-refractivity contribution in [2.45, 2.75) is 20.1 Å². The van der Waals surface area contributed by atoms with Crippen LogP contribution in [0.15, 0.2) is 53.1 Å². The lowest BCUT2D eigenvalue weighted by Crippen LogP contribution is -2.24. The summed E-state index contributed by atoms with van der Waals surface area (Å²) in [6.45, 7) is 2.10. The van der Waals surface area contributed by atoms with Crippen LogP contribution in [0.5, 0.6) is 5.75 Å². The molecule has 2 aromatic carbocycles. The zero-order chi connectivity index (χ0) is 18.5. The molecule has 3 aromatic rings. The molecule has 0 aliphatic heterocycles. The number of carbonyl (C=O) groups is 1. The van der Waals surface area contributed by atoms with E-state index in [0.717, 1.165) is 5.56 Å². The van der Waals surface area contributed by atoms with E-state index in [-0.39, 0.29) is 30.6 Å². The van der Waals surface area contributed by atoms with Crippen LogP contribution in [0, 0.1) is 12.7 Å². The van der Waals surface area contributed by atoms with Crippen LogP contribution in [0.4, 0.5) is 4.39 Å². The minimum atomic E-state index is -0.388. The van der Waals surface area contributed by atoms with Crippen molar-refractivity contribution in [3.63, 3.8) is 0 Å². The highest BCUT2D eigenvalue weighted by Gasteiger charge is 2.20. The predicted molar refractivity (Wildman–Crippen MR) is 94.6 cm³/mol. The standard InChI is InChI=1S/C19H16ClFN2O3/c1-12-17(11-25-16-8-4-14(20)5-9-16)18(23-26-12)19(24)22-10-13-2-6-15(21)7-3-13/h2-9H,10-11H2,1H3,(H,22,24). The molecule has 0 radical (unpaired) electrons. The van der Waals surface area contributed by atoms with Crippen molar-refractivity contribution in [2.24, 2.45) is 0 Å². The third-order valence-corrected chi connectivity index (χ3v) is 4.01. The molecule has 1 heterocycles. The van der Waals surface area contributed by atoms with Crippen molar-refractivity contribution in [1.29, 1.82) is 0 Å². The second-order valence-corrected chi connectivity index (χ2v) is 6.05. The summed E-state index contributed by atoms with van der Waals surface area (Å²) in [6, 6.07) is 12.8. The maximum atomic E-state index is 12.9. The molecule has 0 saturated carbocycles. The summed E-state index contributed by atoms with van der Waals surface area (Å²) in [6.07, 6.45) is 0. The summed E-state index contributed by atoms with van der Waals surface area (Å²) in [5.41, 5.74) is 1.51. The molecular formula is C19H16ClFN2O3. The summed E-state index contributed by atoms with van der Waals surface area (Å²) in [5, 5.41) is 7.17. The summed E-state index contributed by atoms with van der Waals surface area (Å²) in [7, 11) is 0. The number of rotatable bonds is 6. The molecule has 1 N–H and O–H groups in total. The molecule has 3 rings (SSSR count). The normalized spacial score (nSPS) is 10.6. The zero-order valence-corrected chi connectivity index (χ0v) is 14.7. The summed E-state index contributed by atoms with van der Waals surface area (Å²) >= 11 is 5.84. The van der Waals surface area contributed by atoms with Crippen LogP contribution in [0.2, 0.25) is 5.02 Å². The van der Waals surface area contributed by atoms with Crippen LogP contribution >= 0.6 is 11.6 Å². The molecule has 0 unspecified atom stereocenters. The first-order valence-corrected chi connectivity index (χ1v) is 8.27. The highest BCUT2D eigenvalue weighted by molar-refractivity contribution is 6.30. The van der Waals surface area contributed by atoms with Gasteiger partial charge in [0.1, 0.15) is 23.9 Å². The minimum Gasteiger partial charge on any atom is -0.489 e. The molecule has 7 heteroatoms. The first kappa shape index (κ1) is 17.9. The second-order valence-electron chi connectivity index (χ2n) is 5.62. The van der Waals surface area contributed by atoms with Crippen molar-refractivity contribution in [1.82, 2.24) is 10.5 Å². The zero-order valence-electron chi connectivity index (χ0n) is 14.0. The van der Waals surface area contributed by atoms with Gasteiger partial charge < -0.3 is 14.6 Å². The van der Waals surface area contributed by atoms with Crippen LogP contribution in [0.3, 0.4) is 0 Å². The SMILES string of the molecule is Cc1onc(C(=O)NCc2ccc(F)cc2)c1COc1ccc(Cl)cc1. The van der Waals surface area contributed by atoms with Gasteiger partial charge in [0.05, 0.1) is 5.56 Å². The molecule has 134 valence electrons. The number of aryl methyl sites for hydroxylation is 1. The van der Waals surface area contributed by atoms with Gasteiger partial charge in [0.15, 0.2) is 5.69 Å². The fraction of sp³-hybridized carbons (Fsp3) is 0.158. The Morgan fingerprint density at radius 3 is 2.58 bits per heavy atom. The maximum Gasteiger partial charge on any atom is 0.274 e. The molecule has 0 spiro atoms. The molecule has 0 saturated heterocycles. The Labute approximate surface area is 154 Å². The van der Waals surface area contributed by atoms with Gasteiger partial charge in [-0.15, -0.1) is 0 Å². The molecule has 1 amide bonds. The van der Waals surface area contributed by atoms with E-state index in [9.17, 15) is 9.18 Å². The smallest absolute Gasteiger partial charge is 0.274 e. The van der Waals surface area contributed by atoms with Crippen molar-refractivity contribution >= 4 is 17.5 Å². The Hall–Kier alpha value is -2.86. The number of amides is 1. The third kappa shape index (κ3) is 4.40. The number of hydrogen-bond donors (Lipinski definition) is 1. The largest absolute Gasteiger partial charge is 0.489 e. The number of halogens is 2. The van der Waals surface area contributed by atoms with Crippen molar-refractivity contribution in [3.8, 4) is 5.75 Å². The number of benzene rings is 2. The highest BCUT2D eigenvalue weighted by Crippen LogP contribution is 2.20. The minimum absolute atomic E-state index is 0.135. The van der Waals surface area contributed by atoms with Crippen LogP contribution in [-0.2, 0) is 13.2 Å². The van der Waals surface area contributed by atoms with Crippen LogP contribution in [-0.4, -0.2) is 11.1 Å². The van der Waals surface area contributed by atoms with Crippen LogP contribution in [0.1, 0.15) is 27.4 Å². The fourth-order valence-electron chi connectivity index (χ4n) is 2.29. The maximum absolute atomic E-state index is 12.9. The van der Waals surface area contributed by atoms with E-state index in [1.165, 1.54) is 12.1 Å². The molecule has 0 bridgehead atoms. The summed E-state index contributed by atoms with van der Waals surface area (Å²) in [4.78, 5) is 12.4. The van der Waals surface area contributed by atoms with Crippen LogP contribution < -0.4 is 10.1 Å². The van der Waals surface area contributed by atoms with E-state index in [1.54, 1.807) is 43.3 Å². The van der Waals surface area contributed by atoms with Gasteiger partial charge in [-0.25, -0.2) is 4.39 Å². The predicted octanol–water partition coefficient (Wildman–Crippen LogP) is 4.28. The number of nitrogens with zero attached hydrogens (tertiary/aromatic N) is 1. The number of nitrogens with one attached hydrogen (secondary N) is 1. The molecule has 0 aliphatic rings. The number of hydrogen-bond acceptors (Lipinski definition) is 4. The third-order valence-electron chi connectivity index (χ3n) is 3.76. The first-order chi connectivity index (χ1) is 12.5. The topological polar surface area (TPSA) is 64.4 Å². The average Bonchev–Trinajstić information content (AvgIpc) is 3.01. The van der Waals surface area contributed by atoms with E-state index < -0.39 is 0 Å². The monoisotopic (exact) mass is 374 g/mol. The first-order valence-electron chi connectivity index (χ1n) is 7.89. The summed E-state index contributed by atoms with van der Waals surface area (Å²) < 4.78 is 23.7. The number of ether oxygens (including phenoxy) is 1. The second kappa shape index (κ2) is 8.01. The van der Waals surface area contributed by atoms with Gasteiger partial charge in [-0.3, -0.25) is 4.79 Å². The highest BCUT2D eigenvalue weighted by atomic mass is 35.5. The van der Waals surface area contributed by atoms with Gasteiger partial charge in [0.2, 0.25) is 0 Å². The van der Waals surface area contributed by atoms with Gasteiger partial charge in [0.25, 0.3) is 5.91 Å². The number of aromatic nitrogens is 1. The van der Waals surface area contributed by atoms with E-state index in [2.05, 4.69) is 10.5 Å². The van der Waals surface area contributed by atoms with E-state index in [0.29, 0.717) is 22.1 Å². The quantitative estimate of drug-likeness (QED) is 0.699. The van der Waals surface area contributed by atoms with Crippen LogP contribution in [0.25, 0.3) is 0 Å². The summed E-state index contributed by atoms with van der Waals surface area (Å²) in [5.74, 6) is 0.410. The van der Waals surface area contributed by atoms with E-state index in [4.69, 9.17) is 20.9 Å². The Morgan fingerprint density at radius 1 is 1.19 bits per heavy atom. The fourth-order valence-corrected chi connectivity index (χ4v) is 2.42. The molecule has 0 fully saturated rings. The van der Waals surface area contributed by atoms with E-state index in [1.807, 2.05) is 0 Å². The molecule has 26 heavy (non-hydrogen) atoms. The lowest BCUT2D eigenvalue weighted by atomic mass is 10.2. The van der Waals surface area contributed by atoms with Gasteiger partial charge in [-0.05, 0) is 48.9 Å². The Balaban J connectivity index is 1.65. The molecule has 0 aliphatic carbocycles. The Kier molecular flexibility index (Phi) is 5.53. The van der Waals surface area contributed by atoms with Gasteiger partial charge in [0, 0.05) is 11.6 Å².